The summed E-state index contributed by atoms with van der Waals surface area (Å²) in [5.74, 6) is 0.385. The van der Waals surface area contributed by atoms with E-state index in [2.05, 4.69) is 24.0 Å². The van der Waals surface area contributed by atoms with Gasteiger partial charge < -0.3 is 0 Å². The Morgan fingerprint density at radius 1 is 1.25 bits per heavy atom. The van der Waals surface area contributed by atoms with Gasteiger partial charge in [0.15, 0.2) is 0 Å². The van der Waals surface area contributed by atoms with Gasteiger partial charge in [-0.1, -0.05) is 26.0 Å². The minimum Gasteiger partial charge on any atom is -0.285 e. The van der Waals surface area contributed by atoms with Crippen LogP contribution in [0.1, 0.15) is 30.9 Å². The highest BCUT2D eigenvalue weighted by molar-refractivity contribution is 7.89. The fourth-order valence-corrected chi connectivity index (χ4v) is 3.07. The zero-order valence-corrected chi connectivity index (χ0v) is 12.7. The fraction of sp³-hybridized carbons (Fsp3) is 0.357. The molecule has 0 spiro atoms. The zero-order valence-electron chi connectivity index (χ0n) is 11.9. The summed E-state index contributed by atoms with van der Waals surface area (Å²) in [6.45, 7) is 4.45. The molecule has 2 aromatic rings. The van der Waals surface area contributed by atoms with Gasteiger partial charge in [0.2, 0.25) is 10.0 Å². The molecule has 0 saturated heterocycles. The quantitative estimate of drug-likeness (QED) is 0.920. The molecule has 1 heterocycles. The first-order chi connectivity index (χ1) is 9.41. The van der Waals surface area contributed by atoms with Gasteiger partial charge in [-0.05, 0) is 23.6 Å². The molecule has 1 aromatic carbocycles. The molecule has 0 aliphatic heterocycles. The Morgan fingerprint density at radius 2 is 1.90 bits per heavy atom. The SMILES string of the molecule is CC(C)c1ccc(S(=O)(=O)N(C)Cc2cn[nH]c2)cc1. The summed E-state index contributed by atoms with van der Waals surface area (Å²) in [5, 5.41) is 6.49. The number of sulfonamides is 1. The van der Waals surface area contributed by atoms with Crippen molar-refractivity contribution in [1.82, 2.24) is 14.5 Å². The van der Waals surface area contributed by atoms with Gasteiger partial charge in [-0.2, -0.15) is 9.40 Å². The maximum atomic E-state index is 12.4. The van der Waals surface area contributed by atoms with Gasteiger partial charge >= 0.3 is 0 Å². The molecule has 20 heavy (non-hydrogen) atoms. The number of nitrogens with one attached hydrogen (secondary N) is 1. The summed E-state index contributed by atoms with van der Waals surface area (Å²) in [4.78, 5) is 0.313. The molecule has 1 N–H and O–H groups in total. The van der Waals surface area contributed by atoms with Gasteiger partial charge in [-0.3, -0.25) is 5.10 Å². The lowest BCUT2D eigenvalue weighted by molar-refractivity contribution is 0.467. The summed E-state index contributed by atoms with van der Waals surface area (Å²) in [6.07, 6.45) is 3.31. The smallest absolute Gasteiger partial charge is 0.243 e. The summed E-state index contributed by atoms with van der Waals surface area (Å²) >= 11 is 0. The third-order valence-electron chi connectivity index (χ3n) is 3.22. The standard InChI is InChI=1S/C14H19N3O2S/c1-11(2)13-4-6-14(7-5-13)20(18,19)17(3)10-12-8-15-16-9-12/h4-9,11H,10H2,1-3H3,(H,15,16). The summed E-state index contributed by atoms with van der Waals surface area (Å²) in [5.41, 5.74) is 1.95. The van der Waals surface area contributed by atoms with Crippen LogP contribution in [0.2, 0.25) is 0 Å². The van der Waals surface area contributed by atoms with E-state index >= 15 is 0 Å². The Hall–Kier alpha value is -1.66. The second-order valence-corrected chi connectivity index (χ2v) is 7.14. The molecule has 6 heteroatoms. The Balaban J connectivity index is 2.21. The second kappa shape index (κ2) is 5.76. The first-order valence-corrected chi connectivity index (χ1v) is 7.89. The van der Waals surface area contributed by atoms with Crippen LogP contribution in [0, 0.1) is 0 Å². The summed E-state index contributed by atoms with van der Waals surface area (Å²) in [7, 11) is -1.90. The normalized spacial score (nSPS) is 12.2. The van der Waals surface area contributed by atoms with Crippen molar-refractivity contribution < 1.29 is 8.42 Å². The first-order valence-electron chi connectivity index (χ1n) is 6.45. The molecule has 0 aliphatic carbocycles. The maximum Gasteiger partial charge on any atom is 0.243 e. The molecule has 5 nitrogen and oxygen atoms in total. The number of hydrogen-bond acceptors (Lipinski definition) is 3. The minimum atomic E-state index is -3.47. The van der Waals surface area contributed by atoms with Crippen LogP contribution in [0.3, 0.4) is 0 Å². The highest BCUT2D eigenvalue weighted by Gasteiger charge is 2.21. The first kappa shape index (κ1) is 14.7. The zero-order chi connectivity index (χ0) is 14.8. The lowest BCUT2D eigenvalue weighted by Crippen LogP contribution is -2.26. The molecule has 0 radical (unpaired) electrons. The van der Waals surface area contributed by atoms with Crippen molar-refractivity contribution in [2.75, 3.05) is 7.05 Å². The van der Waals surface area contributed by atoms with E-state index < -0.39 is 10.0 Å². The topological polar surface area (TPSA) is 66.1 Å². The van der Waals surface area contributed by atoms with E-state index in [1.165, 1.54) is 4.31 Å². The molecule has 0 aliphatic rings. The number of rotatable bonds is 5. The Kier molecular flexibility index (Phi) is 4.25. The van der Waals surface area contributed by atoms with Crippen molar-refractivity contribution in [1.29, 1.82) is 0 Å². The van der Waals surface area contributed by atoms with Crippen molar-refractivity contribution in [3.8, 4) is 0 Å². The van der Waals surface area contributed by atoms with Crippen molar-refractivity contribution in [2.45, 2.75) is 31.2 Å². The van der Waals surface area contributed by atoms with E-state index in [0.29, 0.717) is 17.4 Å². The minimum absolute atomic E-state index is 0.296. The monoisotopic (exact) mass is 293 g/mol. The van der Waals surface area contributed by atoms with Crippen LogP contribution in [0.5, 0.6) is 0 Å². The predicted octanol–water partition coefficient (Wildman–Crippen LogP) is 2.35. The van der Waals surface area contributed by atoms with Gasteiger partial charge in [-0.15, -0.1) is 0 Å². The van der Waals surface area contributed by atoms with E-state index in [1.54, 1.807) is 31.6 Å². The molecule has 0 unspecified atom stereocenters. The number of hydrogen-bond donors (Lipinski definition) is 1. The Bertz CT molecular complexity index is 646. The van der Waals surface area contributed by atoms with Crippen molar-refractivity contribution >= 4 is 10.0 Å². The van der Waals surface area contributed by atoms with E-state index in [0.717, 1.165) is 11.1 Å². The van der Waals surface area contributed by atoms with Gasteiger partial charge in [0, 0.05) is 25.4 Å². The van der Waals surface area contributed by atoms with E-state index in [4.69, 9.17) is 0 Å². The molecular weight excluding hydrogens is 274 g/mol. The largest absolute Gasteiger partial charge is 0.285 e. The Morgan fingerprint density at radius 3 is 2.40 bits per heavy atom. The van der Waals surface area contributed by atoms with Crippen molar-refractivity contribution in [3.05, 3.63) is 47.8 Å². The van der Waals surface area contributed by atoms with Crippen LogP contribution >= 0.6 is 0 Å². The summed E-state index contributed by atoms with van der Waals surface area (Å²) in [6, 6.07) is 7.06. The lowest BCUT2D eigenvalue weighted by Gasteiger charge is -2.17. The van der Waals surface area contributed by atoms with Crippen LogP contribution in [0.4, 0.5) is 0 Å². The molecular formula is C14H19N3O2S. The van der Waals surface area contributed by atoms with Crippen LogP contribution in [0.15, 0.2) is 41.6 Å². The molecule has 2 rings (SSSR count). The lowest BCUT2D eigenvalue weighted by atomic mass is 10.0. The fourth-order valence-electron chi connectivity index (χ4n) is 1.91. The van der Waals surface area contributed by atoms with Gasteiger partial charge in [0.25, 0.3) is 0 Å². The molecule has 1 aromatic heterocycles. The third-order valence-corrected chi connectivity index (χ3v) is 5.03. The van der Waals surface area contributed by atoms with E-state index in [9.17, 15) is 8.42 Å². The molecule has 0 amide bonds. The number of aromatic amines is 1. The van der Waals surface area contributed by atoms with E-state index in [-0.39, 0.29) is 0 Å². The molecule has 0 saturated carbocycles. The van der Waals surface area contributed by atoms with E-state index in [1.807, 2.05) is 12.1 Å². The van der Waals surface area contributed by atoms with Gasteiger partial charge in [0.05, 0.1) is 11.1 Å². The average Bonchev–Trinajstić information content (AvgIpc) is 2.91. The molecule has 0 fully saturated rings. The maximum absolute atomic E-state index is 12.4. The highest BCUT2D eigenvalue weighted by Crippen LogP contribution is 2.20. The number of benzene rings is 1. The predicted molar refractivity (Wildman–Crippen MR) is 77.8 cm³/mol. The highest BCUT2D eigenvalue weighted by atomic mass is 32.2. The second-order valence-electron chi connectivity index (χ2n) is 5.09. The van der Waals surface area contributed by atoms with Crippen LogP contribution < -0.4 is 0 Å². The number of aromatic nitrogens is 2. The number of nitrogens with zero attached hydrogens (tertiary/aromatic N) is 2. The van der Waals surface area contributed by atoms with Crippen LogP contribution in [-0.4, -0.2) is 30.0 Å². The van der Waals surface area contributed by atoms with Crippen molar-refractivity contribution in [3.63, 3.8) is 0 Å². The van der Waals surface area contributed by atoms with Gasteiger partial charge in [0.1, 0.15) is 0 Å². The third kappa shape index (κ3) is 3.08. The average molecular weight is 293 g/mol. The van der Waals surface area contributed by atoms with Crippen LogP contribution in [0.25, 0.3) is 0 Å². The van der Waals surface area contributed by atoms with Crippen LogP contribution in [-0.2, 0) is 16.6 Å². The Labute approximate surface area is 119 Å². The molecule has 0 atom stereocenters. The number of H-pyrrole nitrogens is 1. The van der Waals surface area contributed by atoms with Gasteiger partial charge in [-0.25, -0.2) is 8.42 Å². The summed E-state index contributed by atoms with van der Waals surface area (Å²) < 4.78 is 26.2. The molecule has 0 bridgehead atoms. The molecule has 108 valence electrons. The van der Waals surface area contributed by atoms with Crippen molar-refractivity contribution in [2.24, 2.45) is 0 Å².